The standard InChI is InChI=1S/C37H47F3N4O7S/c1-24(2)35(45)50-22-28(51-36(46)25(3)4)21-43-17-14-26(15-18-43)42-31-10-7-11-33-30(31)19-27(44(33)23-37(38,39)40)9-8-16-41-32-13-12-29(52(6,47)48)20-34(32)49-5/h7,10-13,19-20,24-26,28,41-42H,14-18,21-23H2,1-6H3. The third kappa shape index (κ3) is 11.3. The van der Waals surface area contributed by atoms with Crippen molar-refractivity contribution < 1.29 is 45.4 Å². The van der Waals surface area contributed by atoms with E-state index >= 15 is 0 Å². The van der Waals surface area contributed by atoms with Gasteiger partial charge >= 0.3 is 18.1 Å². The number of likely N-dealkylation sites (tertiary alicyclic amines) is 1. The summed E-state index contributed by atoms with van der Waals surface area (Å²) in [6, 6.07) is 11.2. The van der Waals surface area contributed by atoms with Crippen LogP contribution in [0.25, 0.3) is 10.9 Å². The minimum Gasteiger partial charge on any atom is -0.495 e. The van der Waals surface area contributed by atoms with Crippen LogP contribution in [0.3, 0.4) is 0 Å². The van der Waals surface area contributed by atoms with Crippen molar-refractivity contribution in [1.29, 1.82) is 0 Å². The molecule has 284 valence electrons. The van der Waals surface area contributed by atoms with Gasteiger partial charge in [-0.25, -0.2) is 8.42 Å². The lowest BCUT2D eigenvalue weighted by molar-refractivity contribution is -0.164. The molecule has 4 rings (SSSR count). The summed E-state index contributed by atoms with van der Waals surface area (Å²) in [5.41, 5.74) is 1.76. The Labute approximate surface area is 303 Å². The van der Waals surface area contributed by atoms with E-state index < -0.39 is 28.7 Å². The van der Waals surface area contributed by atoms with E-state index in [1.807, 2.05) is 6.07 Å². The Morgan fingerprint density at radius 1 is 1.00 bits per heavy atom. The molecule has 1 aromatic heterocycles. The highest BCUT2D eigenvalue weighted by molar-refractivity contribution is 7.90. The minimum absolute atomic E-state index is 0.0292. The monoisotopic (exact) mass is 748 g/mol. The number of nitrogens with zero attached hydrogens (tertiary/aromatic N) is 2. The van der Waals surface area contributed by atoms with E-state index in [2.05, 4.69) is 27.4 Å². The van der Waals surface area contributed by atoms with Gasteiger partial charge in [0.05, 0.1) is 47.3 Å². The second-order valence-electron chi connectivity index (χ2n) is 13.5. The van der Waals surface area contributed by atoms with Gasteiger partial charge in [-0.2, -0.15) is 13.2 Å². The van der Waals surface area contributed by atoms with Crippen LogP contribution in [0, 0.1) is 23.7 Å². The van der Waals surface area contributed by atoms with Gasteiger partial charge in [0.15, 0.2) is 9.84 Å². The first-order valence-corrected chi connectivity index (χ1v) is 19.0. The highest BCUT2D eigenvalue weighted by Gasteiger charge is 2.30. The molecule has 11 nitrogen and oxygen atoms in total. The van der Waals surface area contributed by atoms with E-state index in [0.717, 1.165) is 23.7 Å². The van der Waals surface area contributed by atoms with Crippen LogP contribution in [0.4, 0.5) is 24.5 Å². The van der Waals surface area contributed by atoms with Gasteiger partial charge in [-0.3, -0.25) is 14.5 Å². The zero-order valence-electron chi connectivity index (χ0n) is 30.3. The molecule has 2 aromatic carbocycles. The van der Waals surface area contributed by atoms with Gasteiger partial charge in [0.25, 0.3) is 0 Å². The molecular formula is C37H47F3N4O7S. The van der Waals surface area contributed by atoms with Crippen molar-refractivity contribution in [3.05, 3.63) is 48.2 Å². The summed E-state index contributed by atoms with van der Waals surface area (Å²) >= 11 is 0. The number of hydrogen-bond acceptors (Lipinski definition) is 10. The third-order valence-corrected chi connectivity index (χ3v) is 9.62. The summed E-state index contributed by atoms with van der Waals surface area (Å²) < 4.78 is 82.6. The molecule has 1 aliphatic rings. The van der Waals surface area contributed by atoms with Gasteiger partial charge in [-0.1, -0.05) is 39.7 Å². The number of esters is 2. The van der Waals surface area contributed by atoms with Crippen molar-refractivity contribution in [1.82, 2.24) is 9.47 Å². The number of rotatable bonds is 14. The van der Waals surface area contributed by atoms with Gasteiger partial charge < -0.3 is 29.4 Å². The van der Waals surface area contributed by atoms with E-state index in [1.165, 1.54) is 19.2 Å². The number of piperidine rings is 1. The zero-order chi connectivity index (χ0) is 38.2. The summed E-state index contributed by atoms with van der Waals surface area (Å²) in [7, 11) is -2.04. The number of hydrogen-bond donors (Lipinski definition) is 2. The Kier molecular flexibility index (Phi) is 13.5. The van der Waals surface area contributed by atoms with Crippen LogP contribution in [0.2, 0.25) is 0 Å². The van der Waals surface area contributed by atoms with Gasteiger partial charge in [0, 0.05) is 49.1 Å². The number of aromatic nitrogens is 1. The number of nitrogens with one attached hydrogen (secondary N) is 2. The first kappa shape index (κ1) is 40.4. The Morgan fingerprint density at radius 2 is 1.69 bits per heavy atom. The molecule has 1 fully saturated rings. The lowest BCUT2D eigenvalue weighted by Gasteiger charge is -2.35. The first-order valence-electron chi connectivity index (χ1n) is 17.1. The Balaban J connectivity index is 1.46. The van der Waals surface area contributed by atoms with E-state index in [0.29, 0.717) is 47.7 Å². The molecule has 3 aromatic rings. The maximum Gasteiger partial charge on any atom is 0.406 e. The number of carbonyl (C=O) groups is 2. The van der Waals surface area contributed by atoms with Crippen LogP contribution < -0.4 is 15.4 Å². The maximum absolute atomic E-state index is 13.8. The van der Waals surface area contributed by atoms with Crippen LogP contribution in [0.5, 0.6) is 5.75 Å². The lowest BCUT2D eigenvalue weighted by atomic mass is 10.0. The minimum atomic E-state index is -4.49. The van der Waals surface area contributed by atoms with Gasteiger partial charge in [-0.15, -0.1) is 0 Å². The molecule has 1 aliphatic heterocycles. The summed E-state index contributed by atoms with van der Waals surface area (Å²) in [5, 5.41) is 7.17. The molecule has 0 spiro atoms. The Bertz CT molecular complexity index is 1890. The van der Waals surface area contributed by atoms with Crippen LogP contribution in [0.15, 0.2) is 47.4 Å². The molecule has 1 unspecified atom stereocenters. The zero-order valence-corrected chi connectivity index (χ0v) is 31.1. The fourth-order valence-electron chi connectivity index (χ4n) is 5.72. The van der Waals surface area contributed by atoms with Crippen LogP contribution in [0.1, 0.15) is 46.2 Å². The summed E-state index contributed by atoms with van der Waals surface area (Å²) in [6.45, 7) is 7.51. The summed E-state index contributed by atoms with van der Waals surface area (Å²) in [6.07, 6.45) is -2.55. The molecule has 0 radical (unpaired) electrons. The van der Waals surface area contributed by atoms with Crippen LogP contribution in [-0.4, -0.2) is 94.3 Å². The Morgan fingerprint density at radius 3 is 2.31 bits per heavy atom. The highest BCUT2D eigenvalue weighted by Crippen LogP contribution is 2.32. The van der Waals surface area contributed by atoms with E-state index in [9.17, 15) is 31.2 Å². The fraction of sp³-hybridized carbons (Fsp3) is 0.514. The largest absolute Gasteiger partial charge is 0.495 e. The van der Waals surface area contributed by atoms with Gasteiger partial charge in [0.1, 0.15) is 25.0 Å². The predicted octanol–water partition coefficient (Wildman–Crippen LogP) is 5.72. The normalized spacial score (nSPS) is 14.9. The Hall–Kier alpha value is -4.42. The SMILES string of the molecule is COc1cc(S(C)(=O)=O)ccc1NCC#Cc1cc2c(NC3CCN(CC(COC(=O)C(C)C)OC(=O)C(C)C)CC3)cccc2n1CC(F)(F)F. The quantitative estimate of drug-likeness (QED) is 0.156. The number of sulfone groups is 1. The second kappa shape index (κ2) is 17.4. The first-order chi connectivity index (χ1) is 24.4. The molecule has 0 bridgehead atoms. The number of anilines is 2. The molecule has 2 heterocycles. The van der Waals surface area contributed by atoms with Crippen LogP contribution >= 0.6 is 0 Å². The van der Waals surface area contributed by atoms with Crippen LogP contribution in [-0.2, 0) is 35.4 Å². The number of ether oxygens (including phenoxy) is 3. The van der Waals surface area contributed by atoms with E-state index in [-0.39, 0.29) is 53.6 Å². The average molecular weight is 749 g/mol. The van der Waals surface area contributed by atoms with Crippen molar-refractivity contribution in [3.63, 3.8) is 0 Å². The molecule has 15 heteroatoms. The number of benzene rings is 2. The van der Waals surface area contributed by atoms with E-state index in [1.54, 1.807) is 52.0 Å². The molecule has 0 saturated carbocycles. The molecule has 1 atom stereocenters. The number of alkyl halides is 3. The topological polar surface area (TPSA) is 128 Å². The fourth-order valence-corrected chi connectivity index (χ4v) is 6.36. The van der Waals surface area contributed by atoms with Crippen molar-refractivity contribution in [3.8, 4) is 17.6 Å². The third-order valence-electron chi connectivity index (χ3n) is 8.51. The van der Waals surface area contributed by atoms with Crippen molar-refractivity contribution in [2.45, 2.75) is 70.3 Å². The van der Waals surface area contributed by atoms with Gasteiger partial charge in [-0.05, 0) is 49.1 Å². The predicted molar refractivity (Wildman–Crippen MR) is 193 cm³/mol. The average Bonchev–Trinajstić information content (AvgIpc) is 3.41. The molecule has 0 amide bonds. The molecule has 0 aliphatic carbocycles. The number of methoxy groups -OCH3 is 1. The highest BCUT2D eigenvalue weighted by atomic mass is 32.2. The smallest absolute Gasteiger partial charge is 0.406 e. The van der Waals surface area contributed by atoms with Gasteiger partial charge in [0.2, 0.25) is 0 Å². The van der Waals surface area contributed by atoms with Crippen molar-refractivity contribution >= 4 is 44.1 Å². The van der Waals surface area contributed by atoms with E-state index in [4.69, 9.17) is 14.2 Å². The lowest BCUT2D eigenvalue weighted by Crippen LogP contribution is -2.45. The summed E-state index contributed by atoms with van der Waals surface area (Å²) in [4.78, 5) is 26.6. The number of fused-ring (bicyclic) bond motifs is 1. The second-order valence-corrected chi connectivity index (χ2v) is 15.5. The molecular weight excluding hydrogens is 701 g/mol. The molecule has 2 N–H and O–H groups in total. The number of carbonyl (C=O) groups excluding carboxylic acids is 2. The maximum atomic E-state index is 13.8. The summed E-state index contributed by atoms with van der Waals surface area (Å²) in [5.74, 6) is 4.70. The van der Waals surface area contributed by atoms with Crippen molar-refractivity contribution in [2.75, 3.05) is 56.8 Å². The van der Waals surface area contributed by atoms with Crippen molar-refractivity contribution in [2.24, 2.45) is 11.8 Å². The molecule has 52 heavy (non-hydrogen) atoms. The number of halogens is 3. The molecule has 1 saturated heterocycles.